The lowest BCUT2D eigenvalue weighted by atomic mass is 10.1. The van der Waals surface area contributed by atoms with Gasteiger partial charge in [0.05, 0.1) is 0 Å². The summed E-state index contributed by atoms with van der Waals surface area (Å²) in [5.74, 6) is -0.0281. The Morgan fingerprint density at radius 3 is 2.89 bits per heavy atom. The molecule has 0 unspecified atom stereocenters. The van der Waals surface area contributed by atoms with Crippen molar-refractivity contribution in [1.29, 1.82) is 0 Å². The number of benzene rings is 1. The normalized spacial score (nSPS) is 10.5. The average molecular weight is 263 g/mol. The fourth-order valence-corrected chi connectivity index (χ4v) is 1.64. The first-order chi connectivity index (χ1) is 9.11. The summed E-state index contributed by atoms with van der Waals surface area (Å²) in [5, 5.41) is 3.99. The zero-order chi connectivity index (χ0) is 13.8. The second-order valence-electron chi connectivity index (χ2n) is 3.98. The summed E-state index contributed by atoms with van der Waals surface area (Å²) in [4.78, 5) is 15.1. The van der Waals surface area contributed by atoms with E-state index in [0.29, 0.717) is 17.9 Å². The number of ether oxygens (including phenoxy) is 1. The third kappa shape index (κ3) is 2.96. The predicted octanol–water partition coefficient (Wildman–Crippen LogP) is 2.22. The number of Topliss-reactive ketones (excluding diaryl/α,β-unsaturated/α-hetero) is 1. The standard InChI is InChI=1S/C13H14FN3O2/c1-3-17-13(15-8-16-17)7-19-12-5-4-10(9(2)18)6-11(12)14/h4-6,8H,3,7H2,1-2H3. The Bertz CT molecular complexity index is 595. The van der Waals surface area contributed by atoms with Gasteiger partial charge in [0.1, 0.15) is 12.9 Å². The Morgan fingerprint density at radius 1 is 1.47 bits per heavy atom. The van der Waals surface area contributed by atoms with E-state index in [9.17, 15) is 9.18 Å². The van der Waals surface area contributed by atoms with Gasteiger partial charge in [-0.25, -0.2) is 14.1 Å². The van der Waals surface area contributed by atoms with Crippen LogP contribution in [-0.4, -0.2) is 20.5 Å². The van der Waals surface area contributed by atoms with Crippen LogP contribution in [0.3, 0.4) is 0 Å². The Morgan fingerprint density at radius 2 is 2.26 bits per heavy atom. The summed E-state index contributed by atoms with van der Waals surface area (Å²) in [7, 11) is 0. The molecule has 0 spiro atoms. The molecule has 0 radical (unpaired) electrons. The minimum Gasteiger partial charge on any atom is -0.483 e. The molecule has 6 heteroatoms. The van der Waals surface area contributed by atoms with Crippen molar-refractivity contribution in [1.82, 2.24) is 14.8 Å². The van der Waals surface area contributed by atoms with E-state index in [2.05, 4.69) is 10.1 Å². The summed E-state index contributed by atoms with van der Waals surface area (Å²) in [5.41, 5.74) is 0.321. The Labute approximate surface area is 110 Å². The second kappa shape index (κ2) is 5.60. The highest BCUT2D eigenvalue weighted by Gasteiger charge is 2.09. The first-order valence-corrected chi connectivity index (χ1v) is 5.91. The molecule has 0 fully saturated rings. The van der Waals surface area contributed by atoms with E-state index in [1.54, 1.807) is 4.68 Å². The Hall–Kier alpha value is -2.24. The van der Waals surface area contributed by atoms with Crippen LogP contribution in [0.25, 0.3) is 0 Å². The van der Waals surface area contributed by atoms with Gasteiger partial charge in [0.2, 0.25) is 0 Å². The van der Waals surface area contributed by atoms with Crippen LogP contribution in [0.4, 0.5) is 4.39 Å². The van der Waals surface area contributed by atoms with Gasteiger partial charge in [-0.15, -0.1) is 0 Å². The highest BCUT2D eigenvalue weighted by atomic mass is 19.1. The third-order valence-corrected chi connectivity index (χ3v) is 2.69. The first kappa shape index (κ1) is 13.2. The molecule has 0 amide bonds. The minimum atomic E-state index is -0.560. The van der Waals surface area contributed by atoms with Gasteiger partial charge in [0.25, 0.3) is 0 Å². The maximum absolute atomic E-state index is 13.7. The molecule has 0 aliphatic carbocycles. The molecular formula is C13H14FN3O2. The Kier molecular flexibility index (Phi) is 3.89. The van der Waals surface area contributed by atoms with Crippen molar-refractivity contribution in [2.24, 2.45) is 0 Å². The summed E-state index contributed by atoms with van der Waals surface area (Å²) in [6, 6.07) is 4.15. The van der Waals surface area contributed by atoms with Crippen LogP contribution in [0.15, 0.2) is 24.5 Å². The fraction of sp³-hybridized carbons (Fsp3) is 0.308. The molecular weight excluding hydrogens is 249 g/mol. The largest absolute Gasteiger partial charge is 0.483 e. The number of rotatable bonds is 5. The maximum Gasteiger partial charge on any atom is 0.165 e. The van der Waals surface area contributed by atoms with Gasteiger partial charge >= 0.3 is 0 Å². The molecule has 2 aromatic rings. The first-order valence-electron chi connectivity index (χ1n) is 5.91. The lowest BCUT2D eigenvalue weighted by Crippen LogP contribution is -2.08. The number of carbonyl (C=O) groups excluding carboxylic acids is 1. The minimum absolute atomic E-state index is 0.0932. The Balaban J connectivity index is 2.10. The van der Waals surface area contributed by atoms with Gasteiger partial charge in [-0.1, -0.05) is 0 Å². The number of hydrogen-bond acceptors (Lipinski definition) is 4. The van der Waals surface area contributed by atoms with Crippen molar-refractivity contribution in [2.75, 3.05) is 0 Å². The van der Waals surface area contributed by atoms with Crippen LogP contribution in [-0.2, 0) is 13.2 Å². The van der Waals surface area contributed by atoms with Crippen LogP contribution in [0, 0.1) is 5.82 Å². The summed E-state index contributed by atoms with van der Waals surface area (Å²) in [6.07, 6.45) is 1.43. The number of ketones is 1. The van der Waals surface area contributed by atoms with Crippen molar-refractivity contribution < 1.29 is 13.9 Å². The van der Waals surface area contributed by atoms with Crippen molar-refractivity contribution in [3.8, 4) is 5.75 Å². The molecule has 0 N–H and O–H groups in total. The summed E-state index contributed by atoms with van der Waals surface area (Å²) in [6.45, 7) is 4.12. The smallest absolute Gasteiger partial charge is 0.165 e. The van der Waals surface area contributed by atoms with E-state index in [0.717, 1.165) is 0 Å². The van der Waals surface area contributed by atoms with Crippen molar-refractivity contribution in [2.45, 2.75) is 27.0 Å². The number of nitrogens with zero attached hydrogens (tertiary/aromatic N) is 3. The zero-order valence-electron chi connectivity index (χ0n) is 10.8. The monoisotopic (exact) mass is 263 g/mol. The SMILES string of the molecule is CCn1ncnc1COc1ccc(C(C)=O)cc1F. The van der Waals surface area contributed by atoms with E-state index in [1.165, 1.54) is 31.5 Å². The molecule has 0 aliphatic heterocycles. The van der Waals surface area contributed by atoms with Crippen LogP contribution < -0.4 is 4.74 Å². The predicted molar refractivity (Wildman–Crippen MR) is 66.4 cm³/mol. The maximum atomic E-state index is 13.7. The van der Waals surface area contributed by atoms with Crippen LogP contribution in [0.2, 0.25) is 0 Å². The number of halogens is 1. The van der Waals surface area contributed by atoms with Gasteiger partial charge in [-0.2, -0.15) is 5.10 Å². The quantitative estimate of drug-likeness (QED) is 0.776. The molecule has 1 heterocycles. The summed E-state index contributed by atoms with van der Waals surface area (Å²) >= 11 is 0. The van der Waals surface area contributed by atoms with Gasteiger partial charge in [0.15, 0.2) is 23.2 Å². The van der Waals surface area contributed by atoms with Gasteiger partial charge < -0.3 is 4.74 Å². The molecule has 2 rings (SSSR count). The van der Waals surface area contributed by atoms with Gasteiger partial charge in [0, 0.05) is 12.1 Å². The van der Waals surface area contributed by atoms with E-state index in [4.69, 9.17) is 4.74 Å². The van der Waals surface area contributed by atoms with E-state index >= 15 is 0 Å². The van der Waals surface area contributed by atoms with Gasteiger partial charge in [-0.3, -0.25) is 4.79 Å². The average Bonchev–Trinajstić information content (AvgIpc) is 2.84. The van der Waals surface area contributed by atoms with E-state index < -0.39 is 5.82 Å². The topological polar surface area (TPSA) is 57.0 Å². The molecule has 0 saturated heterocycles. The number of hydrogen-bond donors (Lipinski definition) is 0. The van der Waals surface area contributed by atoms with E-state index in [-0.39, 0.29) is 18.1 Å². The highest BCUT2D eigenvalue weighted by molar-refractivity contribution is 5.94. The molecule has 0 aliphatic rings. The molecule has 5 nitrogen and oxygen atoms in total. The van der Waals surface area contributed by atoms with Crippen molar-refractivity contribution in [3.05, 3.63) is 41.7 Å². The fourth-order valence-electron chi connectivity index (χ4n) is 1.64. The molecule has 100 valence electrons. The lowest BCUT2D eigenvalue weighted by Gasteiger charge is -2.08. The van der Waals surface area contributed by atoms with E-state index in [1.807, 2.05) is 6.92 Å². The molecule has 1 aromatic heterocycles. The van der Waals surface area contributed by atoms with Crippen LogP contribution in [0.1, 0.15) is 30.0 Å². The van der Waals surface area contributed by atoms with Crippen molar-refractivity contribution in [3.63, 3.8) is 0 Å². The number of aromatic nitrogens is 3. The zero-order valence-corrected chi connectivity index (χ0v) is 10.8. The molecule has 0 saturated carbocycles. The van der Waals surface area contributed by atoms with Crippen LogP contribution in [0.5, 0.6) is 5.75 Å². The molecule has 1 aromatic carbocycles. The van der Waals surface area contributed by atoms with Crippen molar-refractivity contribution >= 4 is 5.78 Å². The summed E-state index contributed by atoms with van der Waals surface area (Å²) < 4.78 is 20.7. The van der Waals surface area contributed by atoms with Crippen LogP contribution >= 0.6 is 0 Å². The third-order valence-electron chi connectivity index (χ3n) is 2.69. The molecule has 0 bridgehead atoms. The second-order valence-corrected chi connectivity index (χ2v) is 3.98. The van der Waals surface area contributed by atoms with Gasteiger partial charge in [-0.05, 0) is 32.0 Å². The number of aryl methyl sites for hydroxylation is 1. The molecule has 19 heavy (non-hydrogen) atoms. The lowest BCUT2D eigenvalue weighted by molar-refractivity contribution is 0.101. The number of carbonyl (C=O) groups is 1. The molecule has 0 atom stereocenters. The highest BCUT2D eigenvalue weighted by Crippen LogP contribution is 2.19.